The standard InChI is InChI=1S/C26H26N4O2/c1-18-4-2-7-23-25(18)29-26(28-23)21-6-3-5-20(16-21)19-8-10-22(11-9-19)27-24(31)17-30-12-14-32-15-13-30/h2-11,16H,12-15,17H2,1H3,(H,27,31)(H,28,29). The van der Waals surface area contributed by atoms with Gasteiger partial charge in [0.15, 0.2) is 0 Å². The zero-order valence-electron chi connectivity index (χ0n) is 18.1. The van der Waals surface area contributed by atoms with E-state index >= 15 is 0 Å². The van der Waals surface area contributed by atoms with E-state index in [0.29, 0.717) is 19.8 Å². The number of nitrogens with zero attached hydrogens (tertiary/aromatic N) is 2. The van der Waals surface area contributed by atoms with E-state index in [2.05, 4.69) is 52.5 Å². The zero-order chi connectivity index (χ0) is 21.9. The van der Waals surface area contributed by atoms with E-state index in [4.69, 9.17) is 9.72 Å². The minimum Gasteiger partial charge on any atom is -0.379 e. The molecule has 0 spiro atoms. The van der Waals surface area contributed by atoms with Crippen molar-refractivity contribution in [2.24, 2.45) is 0 Å². The average molecular weight is 427 g/mol. The van der Waals surface area contributed by atoms with Crippen molar-refractivity contribution in [3.8, 4) is 22.5 Å². The predicted octanol–water partition coefficient (Wildman–Crippen LogP) is 4.48. The summed E-state index contributed by atoms with van der Waals surface area (Å²) >= 11 is 0. The van der Waals surface area contributed by atoms with Gasteiger partial charge in [0.05, 0.1) is 30.8 Å². The van der Waals surface area contributed by atoms with Crippen LogP contribution in [0.1, 0.15) is 5.56 Å². The fourth-order valence-corrected chi connectivity index (χ4v) is 4.07. The molecule has 1 aromatic heterocycles. The summed E-state index contributed by atoms with van der Waals surface area (Å²) in [5, 5.41) is 2.99. The molecule has 0 radical (unpaired) electrons. The number of para-hydroxylation sites is 1. The third kappa shape index (κ3) is 4.42. The number of imidazole rings is 1. The highest BCUT2D eigenvalue weighted by Crippen LogP contribution is 2.28. The summed E-state index contributed by atoms with van der Waals surface area (Å²) in [6.07, 6.45) is 0. The number of hydrogen-bond acceptors (Lipinski definition) is 4. The van der Waals surface area contributed by atoms with Crippen LogP contribution >= 0.6 is 0 Å². The van der Waals surface area contributed by atoms with Crippen molar-refractivity contribution in [3.63, 3.8) is 0 Å². The lowest BCUT2D eigenvalue weighted by atomic mass is 10.0. The van der Waals surface area contributed by atoms with Crippen molar-refractivity contribution >= 4 is 22.6 Å². The highest BCUT2D eigenvalue weighted by Gasteiger charge is 2.14. The van der Waals surface area contributed by atoms with Crippen LogP contribution in [0.25, 0.3) is 33.5 Å². The molecule has 2 heterocycles. The molecule has 4 aromatic rings. The minimum atomic E-state index is 0.00169. The van der Waals surface area contributed by atoms with Crippen LogP contribution < -0.4 is 5.32 Å². The second-order valence-electron chi connectivity index (χ2n) is 8.15. The van der Waals surface area contributed by atoms with Gasteiger partial charge >= 0.3 is 0 Å². The molecular weight excluding hydrogens is 400 g/mol. The zero-order valence-corrected chi connectivity index (χ0v) is 18.1. The van der Waals surface area contributed by atoms with Crippen LogP contribution in [0.4, 0.5) is 5.69 Å². The first-order chi connectivity index (χ1) is 15.7. The van der Waals surface area contributed by atoms with Gasteiger partial charge in [-0.15, -0.1) is 0 Å². The molecule has 0 bridgehead atoms. The first kappa shape index (κ1) is 20.4. The maximum Gasteiger partial charge on any atom is 0.238 e. The summed E-state index contributed by atoms with van der Waals surface area (Å²) in [5.74, 6) is 0.866. The van der Waals surface area contributed by atoms with Gasteiger partial charge in [-0.1, -0.05) is 42.5 Å². The van der Waals surface area contributed by atoms with Gasteiger partial charge in [0.1, 0.15) is 5.82 Å². The van der Waals surface area contributed by atoms with E-state index in [1.165, 1.54) is 0 Å². The number of amides is 1. The lowest BCUT2D eigenvalue weighted by Gasteiger charge is -2.25. The number of aromatic nitrogens is 2. The smallest absolute Gasteiger partial charge is 0.238 e. The van der Waals surface area contributed by atoms with Crippen LogP contribution in [0, 0.1) is 6.92 Å². The molecule has 0 saturated carbocycles. The monoisotopic (exact) mass is 426 g/mol. The van der Waals surface area contributed by atoms with Gasteiger partial charge in [0.2, 0.25) is 5.91 Å². The van der Waals surface area contributed by atoms with Gasteiger partial charge < -0.3 is 15.0 Å². The molecule has 1 aliphatic rings. The molecule has 1 fully saturated rings. The van der Waals surface area contributed by atoms with Crippen molar-refractivity contribution in [2.75, 3.05) is 38.2 Å². The van der Waals surface area contributed by atoms with Gasteiger partial charge in [0.25, 0.3) is 0 Å². The Bertz CT molecular complexity index is 1240. The van der Waals surface area contributed by atoms with E-state index in [1.807, 2.05) is 36.4 Å². The Balaban J connectivity index is 1.30. The second kappa shape index (κ2) is 8.94. The number of aryl methyl sites for hydroxylation is 1. The first-order valence-corrected chi connectivity index (χ1v) is 10.9. The molecule has 162 valence electrons. The molecule has 1 saturated heterocycles. The van der Waals surface area contributed by atoms with Crippen LogP contribution in [-0.4, -0.2) is 53.6 Å². The van der Waals surface area contributed by atoms with E-state index in [9.17, 15) is 4.79 Å². The normalized spacial score (nSPS) is 14.5. The molecule has 6 nitrogen and oxygen atoms in total. The van der Waals surface area contributed by atoms with Crippen molar-refractivity contribution in [1.82, 2.24) is 14.9 Å². The number of morpholine rings is 1. The number of H-pyrrole nitrogens is 1. The van der Waals surface area contributed by atoms with Crippen molar-refractivity contribution < 1.29 is 9.53 Å². The summed E-state index contributed by atoms with van der Waals surface area (Å²) in [4.78, 5) is 22.7. The third-order valence-corrected chi connectivity index (χ3v) is 5.82. The highest BCUT2D eigenvalue weighted by molar-refractivity contribution is 5.92. The first-order valence-electron chi connectivity index (χ1n) is 10.9. The van der Waals surface area contributed by atoms with Gasteiger partial charge in [0, 0.05) is 24.3 Å². The Morgan fingerprint density at radius 1 is 1.00 bits per heavy atom. The lowest BCUT2D eigenvalue weighted by Crippen LogP contribution is -2.41. The van der Waals surface area contributed by atoms with Gasteiger partial charge in [-0.3, -0.25) is 9.69 Å². The molecule has 1 aliphatic heterocycles. The van der Waals surface area contributed by atoms with Gasteiger partial charge in [-0.25, -0.2) is 4.98 Å². The third-order valence-electron chi connectivity index (χ3n) is 5.82. The maximum absolute atomic E-state index is 12.3. The van der Waals surface area contributed by atoms with E-state index in [-0.39, 0.29) is 5.91 Å². The van der Waals surface area contributed by atoms with Crippen LogP contribution in [0.15, 0.2) is 66.7 Å². The number of aromatic amines is 1. The second-order valence-corrected chi connectivity index (χ2v) is 8.15. The Morgan fingerprint density at radius 3 is 2.53 bits per heavy atom. The average Bonchev–Trinajstić information content (AvgIpc) is 3.26. The molecule has 0 atom stereocenters. The van der Waals surface area contributed by atoms with E-state index in [0.717, 1.165) is 57.9 Å². The molecule has 2 N–H and O–H groups in total. The van der Waals surface area contributed by atoms with Crippen LogP contribution in [0.2, 0.25) is 0 Å². The number of nitrogens with one attached hydrogen (secondary N) is 2. The van der Waals surface area contributed by atoms with Crippen molar-refractivity contribution in [3.05, 3.63) is 72.3 Å². The van der Waals surface area contributed by atoms with Crippen LogP contribution in [-0.2, 0) is 9.53 Å². The molecule has 32 heavy (non-hydrogen) atoms. The van der Waals surface area contributed by atoms with Gasteiger partial charge in [-0.05, 0) is 47.9 Å². The number of fused-ring (bicyclic) bond motifs is 1. The van der Waals surface area contributed by atoms with Crippen LogP contribution in [0.5, 0.6) is 0 Å². The fraction of sp³-hybridized carbons (Fsp3) is 0.231. The maximum atomic E-state index is 12.3. The number of carbonyl (C=O) groups is 1. The highest BCUT2D eigenvalue weighted by atomic mass is 16.5. The summed E-state index contributed by atoms with van der Waals surface area (Å²) in [6, 6.07) is 22.5. The molecule has 6 heteroatoms. The Morgan fingerprint density at radius 2 is 1.75 bits per heavy atom. The molecule has 5 rings (SSSR count). The van der Waals surface area contributed by atoms with Crippen molar-refractivity contribution in [2.45, 2.75) is 6.92 Å². The van der Waals surface area contributed by atoms with Crippen LogP contribution in [0.3, 0.4) is 0 Å². The summed E-state index contributed by atoms with van der Waals surface area (Å²) < 4.78 is 5.33. The fourth-order valence-electron chi connectivity index (χ4n) is 4.07. The molecule has 0 unspecified atom stereocenters. The molecular formula is C26H26N4O2. The van der Waals surface area contributed by atoms with Gasteiger partial charge in [-0.2, -0.15) is 0 Å². The van der Waals surface area contributed by atoms with E-state index < -0.39 is 0 Å². The summed E-state index contributed by atoms with van der Waals surface area (Å²) in [5.41, 5.74) is 7.24. The molecule has 1 amide bonds. The number of ether oxygens (including phenoxy) is 1. The summed E-state index contributed by atoms with van der Waals surface area (Å²) in [6.45, 7) is 5.44. The Labute approximate surface area is 187 Å². The van der Waals surface area contributed by atoms with E-state index in [1.54, 1.807) is 0 Å². The Kier molecular flexibility index (Phi) is 5.71. The minimum absolute atomic E-state index is 0.00169. The topological polar surface area (TPSA) is 70.2 Å². The largest absolute Gasteiger partial charge is 0.379 e. The number of rotatable bonds is 5. The lowest BCUT2D eigenvalue weighted by molar-refractivity contribution is -0.118. The molecule has 0 aliphatic carbocycles. The number of carbonyl (C=O) groups excluding carboxylic acids is 1. The molecule has 3 aromatic carbocycles. The summed E-state index contributed by atoms with van der Waals surface area (Å²) in [7, 11) is 0. The number of anilines is 1. The Hall–Kier alpha value is -3.48. The SMILES string of the molecule is Cc1cccc2[nH]c(-c3cccc(-c4ccc(NC(=O)CN5CCOCC5)cc4)c3)nc12. The predicted molar refractivity (Wildman–Crippen MR) is 128 cm³/mol. The quantitative estimate of drug-likeness (QED) is 0.494. The van der Waals surface area contributed by atoms with Crippen molar-refractivity contribution in [1.29, 1.82) is 0 Å². The number of hydrogen-bond donors (Lipinski definition) is 2. The number of benzene rings is 3.